The molecule has 1 saturated heterocycles. The minimum atomic E-state index is -0.546. The van der Waals surface area contributed by atoms with Gasteiger partial charge in [0.15, 0.2) is 29.1 Å². The lowest BCUT2D eigenvalue weighted by Crippen LogP contribution is -2.41. The predicted octanol–water partition coefficient (Wildman–Crippen LogP) is 23.2. The Labute approximate surface area is 654 Å². The first kappa shape index (κ1) is 72.0. The summed E-state index contributed by atoms with van der Waals surface area (Å²) in [6, 6.07) is 132. The molecule has 0 spiro atoms. The second-order valence-corrected chi connectivity index (χ2v) is 28.6. The van der Waals surface area contributed by atoms with Gasteiger partial charge in [0, 0.05) is 30.8 Å². The Hall–Kier alpha value is -12.3. The minimum Gasteiger partial charge on any atom is -0.399 e. The van der Waals surface area contributed by atoms with Gasteiger partial charge in [-0.25, -0.2) is 19.9 Å². The van der Waals surface area contributed by atoms with Gasteiger partial charge in [0.25, 0.3) is 0 Å². The van der Waals surface area contributed by atoms with Crippen LogP contribution in [0.25, 0.3) is 101 Å². The Bertz CT molecular complexity index is 5690. The molecule has 2 aromatic heterocycles. The summed E-state index contributed by atoms with van der Waals surface area (Å²) < 4.78 is 23.6. The zero-order valence-corrected chi connectivity index (χ0v) is 63.5. The van der Waals surface area contributed by atoms with Crippen LogP contribution in [0.5, 0.6) is 0 Å². The second kappa shape index (κ2) is 31.1. The van der Waals surface area contributed by atoms with Crippen molar-refractivity contribution in [3.63, 3.8) is 0 Å². The lowest BCUT2D eigenvalue weighted by molar-refractivity contribution is 0.00578. The molecule has 1 fully saturated rings. The zero-order chi connectivity index (χ0) is 75.2. The molecular weight excluding hydrogens is 1390 g/mol. The molecule has 2 aliphatic carbocycles. The van der Waals surface area contributed by atoms with Crippen LogP contribution in [0.15, 0.2) is 376 Å². The molecule has 14 aromatic carbocycles. The van der Waals surface area contributed by atoms with Gasteiger partial charge < -0.3 is 9.31 Å². The molecule has 0 amide bonds. The Morgan fingerprint density at radius 2 is 0.527 bits per heavy atom. The lowest BCUT2D eigenvalue weighted by Gasteiger charge is -2.34. The molecule has 1 aliphatic heterocycles. The van der Waals surface area contributed by atoms with E-state index in [1.54, 1.807) is 0 Å². The summed E-state index contributed by atoms with van der Waals surface area (Å²) in [7, 11) is -0.509. The molecule has 12 heteroatoms. The highest BCUT2D eigenvalue weighted by atomic mass is 35.5. The van der Waals surface area contributed by atoms with Crippen LogP contribution in [0.3, 0.4) is 0 Å². The third kappa shape index (κ3) is 13.2. The van der Waals surface area contributed by atoms with E-state index in [1.165, 1.54) is 61.2 Å². The van der Waals surface area contributed by atoms with Crippen LogP contribution in [0.1, 0.15) is 75.2 Å². The van der Waals surface area contributed by atoms with Crippen LogP contribution in [0.2, 0.25) is 5.28 Å². The van der Waals surface area contributed by atoms with Crippen molar-refractivity contribution < 1.29 is 17.0 Å². The molecule has 1 atom stereocenters. The van der Waals surface area contributed by atoms with Gasteiger partial charge in [0.1, 0.15) is 0 Å². The Morgan fingerprint density at radius 3 is 0.882 bits per heavy atom. The largest absolute Gasteiger partial charge is 0.496 e. The molecule has 0 bridgehead atoms. The Kier molecular flexibility index (Phi) is 20.4. The van der Waals surface area contributed by atoms with E-state index in [0.717, 1.165) is 61.1 Å². The van der Waals surface area contributed by atoms with Crippen molar-refractivity contribution >= 4 is 34.1 Å². The van der Waals surface area contributed by atoms with Gasteiger partial charge in [0.05, 0.1) is 22.0 Å². The molecule has 16 aromatic rings. The van der Waals surface area contributed by atoms with Gasteiger partial charge in [0.2, 0.25) is 5.28 Å². The number of rotatable bonds is 12. The monoisotopic (exact) mass is 1470 g/mol. The highest BCUT2D eigenvalue weighted by Gasteiger charge is 2.56. The van der Waals surface area contributed by atoms with Crippen LogP contribution in [-0.4, -0.2) is 48.2 Å². The summed E-state index contributed by atoms with van der Waals surface area (Å²) in [5.74, 6) is 3.10. The van der Waals surface area contributed by atoms with Gasteiger partial charge in [-0.1, -0.05) is 376 Å². The Morgan fingerprint density at radius 1 is 0.264 bits per heavy atom. The maximum atomic E-state index is 6.81. The van der Waals surface area contributed by atoms with Gasteiger partial charge in [-0.2, -0.15) is 19.9 Å². The summed E-state index contributed by atoms with van der Waals surface area (Å²) in [5, 5.41) is 0.202. The number of hydrogen-bond acceptors (Lipinski definition) is 8. The summed E-state index contributed by atoms with van der Waals surface area (Å²) in [4.78, 5) is 28.5. The zero-order valence-electron chi connectivity index (χ0n) is 63.4. The molecule has 110 heavy (non-hydrogen) atoms. The molecule has 3 aliphatic rings. The van der Waals surface area contributed by atoms with Crippen LogP contribution < -0.4 is 5.46 Å². The third-order valence-electron chi connectivity index (χ3n) is 21.5. The number of halogens is 2. The van der Waals surface area contributed by atoms with E-state index in [1.807, 2.05) is 97.1 Å². The van der Waals surface area contributed by atoms with Crippen molar-refractivity contribution in [2.75, 3.05) is 0 Å². The topological polar surface area (TPSA) is 95.8 Å². The van der Waals surface area contributed by atoms with E-state index in [0.29, 0.717) is 29.1 Å². The molecule has 3 heterocycles. The van der Waals surface area contributed by atoms with Crippen LogP contribution in [-0.2, 0) is 20.1 Å². The Balaban J connectivity index is 0.000000148. The summed E-state index contributed by atoms with van der Waals surface area (Å²) in [6.45, 7) is 8.52. The van der Waals surface area contributed by atoms with Crippen LogP contribution in [0, 0.1) is 0 Å². The van der Waals surface area contributed by atoms with Crippen LogP contribution >= 0.6 is 21.5 Å². The van der Waals surface area contributed by atoms with Crippen molar-refractivity contribution in [3.05, 3.63) is 426 Å². The minimum absolute atomic E-state index is 0. The molecular formula is C98H80BClFN6O2P. The van der Waals surface area contributed by atoms with Gasteiger partial charge in [-0.15, -0.1) is 0 Å². The normalized spacial score (nSPS) is 14.0. The third-order valence-corrected chi connectivity index (χ3v) is 21.7. The number of hydrogen-bond donors (Lipinski definition) is 0. The summed E-state index contributed by atoms with van der Waals surface area (Å²) in [6.07, 6.45) is 0. The summed E-state index contributed by atoms with van der Waals surface area (Å²) in [5.41, 5.74) is 23.1. The smallest absolute Gasteiger partial charge is 0.399 e. The van der Waals surface area contributed by atoms with Crippen molar-refractivity contribution in [3.8, 4) is 101 Å². The fourth-order valence-corrected chi connectivity index (χ4v) is 16.1. The SMILES string of the molecule is CC1(C)OB(c2c(-c3ccccc3)ccc3c2-c2ccccc2C3(c2ccccc2)c2ccccc2)OC1(C)C.Clc1nc(-c2ccccc2)nc(-c2ccccc2)n1.F.P.[3H][3H].c1ccc(-c2nc(-c3ccccc3)nc(-c3c(-c4ccccc4)ccc4c3-c3ccccc3C4(c3ccccc3)c3ccccc3)n2)cc1. The van der Waals surface area contributed by atoms with Gasteiger partial charge >= 0.3 is 7.12 Å². The average Bonchev–Trinajstić information content (AvgIpc) is 1.53. The maximum absolute atomic E-state index is 6.81. The van der Waals surface area contributed by atoms with E-state index >= 15 is 0 Å². The first-order chi connectivity index (χ1) is 54.0. The first-order valence-corrected chi connectivity index (χ1v) is 37.0. The van der Waals surface area contributed by atoms with E-state index < -0.39 is 29.2 Å². The first-order valence-electron chi connectivity index (χ1n) is 37.6. The number of fused-ring (bicyclic) bond motifs is 6. The number of nitrogens with zero attached hydrogens (tertiary/aromatic N) is 6. The quantitative estimate of drug-likeness (QED) is 0.0882. The standard InChI is InChI=1S/C46H31N3.C37H33BO2.C15H10ClN3.FH.H3P.H2/c1-6-18-32(19-7-1)37-30-31-40-41(38-28-16-17-29-39(38)46(40,35-24-12-4-13-25-35)36-26-14-5-15-27-36)42(37)45-48-43(33-20-8-2-9-21-33)47-44(49-45)34-22-10-3-11-23-34;1-35(2)36(3,4)40-38(39-35)34-29(26-16-8-5-9-17-26)24-25-32-33(34)30-22-14-15-23-31(30)37(32,27-18-10-6-11-19-27)28-20-12-7-13-21-28;16-15-18-13(11-7-3-1-4-8-11)17-14(19-15)12-9-5-2-6-10-12;;;/h1-31H;5-25H,1-4H3;1-10H;1H;1H3;1H/i;;;;;1+2T. The predicted molar refractivity (Wildman–Crippen MR) is 455 cm³/mol. The average molecular weight is 1470 g/mol. The van der Waals surface area contributed by atoms with Crippen molar-refractivity contribution in [2.24, 2.45) is 0 Å². The fourth-order valence-electron chi connectivity index (χ4n) is 16.0. The molecule has 536 valence electrons. The van der Waals surface area contributed by atoms with Crippen molar-refractivity contribution in [1.82, 2.24) is 29.9 Å². The van der Waals surface area contributed by atoms with Crippen LogP contribution in [0.4, 0.5) is 4.70 Å². The van der Waals surface area contributed by atoms with E-state index in [-0.39, 0.29) is 19.9 Å². The molecule has 0 N–H and O–H groups in total. The van der Waals surface area contributed by atoms with Crippen molar-refractivity contribution in [2.45, 2.75) is 49.7 Å². The van der Waals surface area contributed by atoms with Crippen molar-refractivity contribution in [1.29, 1.82) is 0 Å². The molecule has 0 radical (unpaired) electrons. The molecule has 19 rings (SSSR count). The second-order valence-electron chi connectivity index (χ2n) is 28.3. The number of aromatic nitrogens is 6. The number of benzene rings is 14. The molecule has 8 nitrogen and oxygen atoms in total. The van der Waals surface area contributed by atoms with E-state index in [2.05, 4.69) is 322 Å². The highest BCUT2D eigenvalue weighted by Crippen LogP contribution is 2.61. The maximum Gasteiger partial charge on any atom is 0.496 e. The van der Waals surface area contributed by atoms with Gasteiger partial charge in [-0.05, 0) is 134 Å². The molecule has 0 saturated carbocycles. The van der Waals surface area contributed by atoms with Gasteiger partial charge in [-0.3, -0.25) is 4.70 Å². The summed E-state index contributed by atoms with van der Waals surface area (Å²) >= 11 is 5.99. The van der Waals surface area contributed by atoms with E-state index in [9.17, 15) is 0 Å². The lowest BCUT2D eigenvalue weighted by atomic mass is 9.65. The fraction of sp³-hybridized carbons (Fsp3) is 0.0816. The molecule has 1 unspecified atom stereocenters. The highest BCUT2D eigenvalue weighted by molar-refractivity contribution is 6.92. The van der Waals surface area contributed by atoms with E-state index in [4.69, 9.17) is 38.8 Å².